The molecule has 17 heavy (non-hydrogen) atoms. The molecular formula is C14H9N3. The van der Waals surface area contributed by atoms with Crippen molar-refractivity contribution in [3.63, 3.8) is 0 Å². The lowest BCUT2D eigenvalue weighted by molar-refractivity contribution is 1.43. The third kappa shape index (κ3) is 3.13. The minimum Gasteiger partial charge on any atom is -0.553 e. The Balaban J connectivity index is 2.03. The highest BCUT2D eigenvalue weighted by molar-refractivity contribution is 5.80. The van der Waals surface area contributed by atoms with E-state index in [0.29, 0.717) is 11.3 Å². The fourth-order valence-electron chi connectivity index (χ4n) is 1.29. The average molecular weight is 219 g/mol. The predicted molar refractivity (Wildman–Crippen MR) is 67.2 cm³/mol. The molecule has 0 aliphatic heterocycles. The van der Waals surface area contributed by atoms with Crippen LogP contribution in [0.25, 0.3) is 5.43 Å². The van der Waals surface area contributed by atoms with Gasteiger partial charge in [-0.25, -0.2) is 5.10 Å². The molecule has 80 valence electrons. The van der Waals surface area contributed by atoms with Gasteiger partial charge in [0, 0.05) is 0 Å². The summed E-state index contributed by atoms with van der Waals surface area (Å²) in [6, 6.07) is 18.6. The fraction of sp³-hybridized carbons (Fsp3) is 0. The minimum absolute atomic E-state index is 0.571. The summed E-state index contributed by atoms with van der Waals surface area (Å²) in [5.74, 6) is 0. The molecule has 0 fully saturated rings. The number of nitrogens with zero attached hydrogens (tertiary/aromatic N) is 3. The zero-order valence-corrected chi connectivity index (χ0v) is 9.04. The van der Waals surface area contributed by atoms with Gasteiger partial charge in [0.2, 0.25) is 5.56 Å². The van der Waals surface area contributed by atoms with E-state index in [1.807, 2.05) is 30.3 Å². The maximum atomic E-state index is 8.73. The van der Waals surface area contributed by atoms with Gasteiger partial charge in [-0.3, -0.25) is 0 Å². The summed E-state index contributed by atoms with van der Waals surface area (Å²) in [6.45, 7) is 0. The smallest absolute Gasteiger partial charge is 0.207 e. The van der Waals surface area contributed by atoms with Gasteiger partial charge in [0.1, 0.15) is 6.21 Å². The standard InChI is InChI=1S/C14H9N3/c15-10-13-7-4-8-14(9-13)17-16-11-12-5-2-1-3-6-12/h1-9H. The Morgan fingerprint density at radius 2 is 1.88 bits per heavy atom. The topological polar surface area (TPSA) is 50.2 Å². The molecule has 0 amide bonds. The molecule has 3 heteroatoms. The van der Waals surface area contributed by atoms with Gasteiger partial charge >= 0.3 is 0 Å². The van der Waals surface area contributed by atoms with Gasteiger partial charge in [-0.1, -0.05) is 18.2 Å². The lowest BCUT2D eigenvalue weighted by atomic mass is 10.2. The quantitative estimate of drug-likeness (QED) is 0.443. The Kier molecular flexibility index (Phi) is 3.44. The van der Waals surface area contributed by atoms with Crippen LogP contribution in [0.2, 0.25) is 0 Å². The van der Waals surface area contributed by atoms with Crippen LogP contribution in [0.15, 0.2) is 59.7 Å². The Morgan fingerprint density at radius 1 is 1.06 bits per heavy atom. The van der Waals surface area contributed by atoms with Crippen LogP contribution in [0.3, 0.4) is 0 Å². The summed E-state index contributed by atoms with van der Waals surface area (Å²) in [5.41, 5.74) is 6.06. The zero-order chi connectivity index (χ0) is 11.9. The van der Waals surface area contributed by atoms with Crippen molar-refractivity contribution in [3.05, 3.63) is 71.1 Å². The third-order valence-corrected chi connectivity index (χ3v) is 2.09. The number of benzene rings is 2. The van der Waals surface area contributed by atoms with Crippen LogP contribution in [-0.2, 0) is 0 Å². The first-order chi connectivity index (χ1) is 8.38. The Hall–Kier alpha value is -2.69. The van der Waals surface area contributed by atoms with Gasteiger partial charge in [0.25, 0.3) is 0 Å². The minimum atomic E-state index is 0.571. The zero-order valence-electron chi connectivity index (χ0n) is 9.04. The molecule has 0 saturated heterocycles. The first kappa shape index (κ1) is 10.8. The van der Waals surface area contributed by atoms with E-state index in [1.165, 1.54) is 0 Å². The highest BCUT2D eigenvalue weighted by Gasteiger charge is 1.93. The van der Waals surface area contributed by atoms with Crippen molar-refractivity contribution in [2.45, 2.75) is 0 Å². The molecule has 0 aromatic heterocycles. The summed E-state index contributed by atoms with van der Waals surface area (Å²) in [7, 11) is 0. The van der Waals surface area contributed by atoms with Crippen LogP contribution in [0.5, 0.6) is 0 Å². The second-order valence-electron chi connectivity index (χ2n) is 3.34. The summed E-state index contributed by atoms with van der Waals surface area (Å²) in [5, 5.41) is 12.6. The maximum absolute atomic E-state index is 8.73. The molecule has 0 aliphatic rings. The fourth-order valence-corrected chi connectivity index (χ4v) is 1.29. The first-order valence-corrected chi connectivity index (χ1v) is 5.10. The molecule has 0 atom stereocenters. The number of hydrogen-bond donors (Lipinski definition) is 0. The van der Waals surface area contributed by atoms with E-state index in [2.05, 4.69) is 22.8 Å². The largest absolute Gasteiger partial charge is 0.553 e. The van der Waals surface area contributed by atoms with Gasteiger partial charge in [0.15, 0.2) is 0 Å². The Bertz CT molecular complexity index is 553. The Labute approximate surface area is 100 Å². The van der Waals surface area contributed by atoms with Crippen molar-refractivity contribution >= 4 is 11.9 Å². The van der Waals surface area contributed by atoms with Gasteiger partial charge in [-0.05, 0) is 24.3 Å². The SMILES string of the molecule is N#Cc1cccc([N-]N=[C+]c2ccccc2)c1. The van der Waals surface area contributed by atoms with E-state index in [9.17, 15) is 0 Å². The predicted octanol–water partition coefficient (Wildman–Crippen LogP) is 3.47. The summed E-state index contributed by atoms with van der Waals surface area (Å²) in [6.07, 6.45) is 2.81. The third-order valence-electron chi connectivity index (χ3n) is 2.09. The highest BCUT2D eigenvalue weighted by Crippen LogP contribution is 2.19. The molecule has 2 rings (SSSR count). The maximum Gasteiger partial charge on any atom is 0.207 e. The van der Waals surface area contributed by atoms with E-state index in [-0.39, 0.29) is 0 Å². The van der Waals surface area contributed by atoms with Crippen LogP contribution in [0.1, 0.15) is 11.1 Å². The average Bonchev–Trinajstić information content (AvgIpc) is 2.40. The molecule has 0 N–H and O–H groups in total. The van der Waals surface area contributed by atoms with Crippen molar-refractivity contribution < 1.29 is 0 Å². The summed E-state index contributed by atoms with van der Waals surface area (Å²) in [4.78, 5) is 0. The first-order valence-electron chi connectivity index (χ1n) is 5.10. The van der Waals surface area contributed by atoms with Crippen LogP contribution in [-0.4, -0.2) is 6.21 Å². The van der Waals surface area contributed by atoms with E-state index in [0.717, 1.165) is 5.56 Å². The molecule has 0 bridgehead atoms. The molecule has 3 nitrogen and oxygen atoms in total. The van der Waals surface area contributed by atoms with E-state index >= 15 is 0 Å². The molecule has 0 saturated carbocycles. The Morgan fingerprint density at radius 3 is 2.65 bits per heavy atom. The number of rotatable bonds is 3. The second kappa shape index (κ2) is 5.41. The van der Waals surface area contributed by atoms with Gasteiger partial charge < -0.3 is 5.43 Å². The molecular weight excluding hydrogens is 210 g/mol. The molecule has 0 heterocycles. The number of hydrogen-bond acceptors (Lipinski definition) is 2. The van der Waals surface area contributed by atoms with Crippen molar-refractivity contribution in [3.8, 4) is 6.07 Å². The monoisotopic (exact) mass is 219 g/mol. The lowest BCUT2D eigenvalue weighted by Gasteiger charge is -2.11. The van der Waals surface area contributed by atoms with Crippen LogP contribution in [0, 0.1) is 11.3 Å². The van der Waals surface area contributed by atoms with Gasteiger partial charge in [0.05, 0.1) is 23.8 Å². The molecule has 2 aromatic rings. The molecule has 0 spiro atoms. The second-order valence-corrected chi connectivity index (χ2v) is 3.34. The molecule has 0 radical (unpaired) electrons. The van der Waals surface area contributed by atoms with Crippen molar-refractivity contribution in [2.75, 3.05) is 0 Å². The van der Waals surface area contributed by atoms with E-state index < -0.39 is 0 Å². The molecule has 0 unspecified atom stereocenters. The van der Waals surface area contributed by atoms with Crippen molar-refractivity contribution in [1.82, 2.24) is 0 Å². The highest BCUT2D eigenvalue weighted by atomic mass is 15.3. The summed E-state index contributed by atoms with van der Waals surface area (Å²) >= 11 is 0. The van der Waals surface area contributed by atoms with E-state index in [4.69, 9.17) is 5.26 Å². The van der Waals surface area contributed by atoms with Gasteiger partial charge in [-0.15, -0.1) is 5.69 Å². The molecule has 0 aliphatic carbocycles. The normalized spacial score (nSPS) is 9.59. The van der Waals surface area contributed by atoms with E-state index in [1.54, 1.807) is 24.3 Å². The lowest BCUT2D eigenvalue weighted by Crippen LogP contribution is -1.78. The molecule has 2 aromatic carbocycles. The van der Waals surface area contributed by atoms with Crippen LogP contribution >= 0.6 is 0 Å². The van der Waals surface area contributed by atoms with Crippen molar-refractivity contribution in [2.24, 2.45) is 5.10 Å². The van der Waals surface area contributed by atoms with Crippen molar-refractivity contribution in [1.29, 1.82) is 5.26 Å². The van der Waals surface area contributed by atoms with Gasteiger partial charge in [-0.2, -0.15) is 5.26 Å². The van der Waals surface area contributed by atoms with Crippen LogP contribution < -0.4 is 0 Å². The number of nitriles is 1. The summed E-state index contributed by atoms with van der Waals surface area (Å²) < 4.78 is 0. The van der Waals surface area contributed by atoms with Crippen LogP contribution in [0.4, 0.5) is 5.69 Å².